The van der Waals surface area contributed by atoms with Crippen LogP contribution in [0.25, 0.3) is 0 Å². The van der Waals surface area contributed by atoms with Crippen molar-refractivity contribution in [2.24, 2.45) is 5.73 Å². The van der Waals surface area contributed by atoms with Crippen LogP contribution in [-0.4, -0.2) is 22.5 Å². The van der Waals surface area contributed by atoms with Gasteiger partial charge < -0.3 is 15.9 Å². The Hall–Kier alpha value is -0.640. The van der Waals surface area contributed by atoms with Gasteiger partial charge in [0.15, 0.2) is 5.79 Å². The average Bonchev–Trinajstić information content (AvgIpc) is 1.85. The monoisotopic (exact) mass is 155 g/mol. The number of rotatable bonds is 2. The van der Waals surface area contributed by atoms with Crippen LogP contribution in [0, 0.1) is 0 Å². The normalized spacial score (nSPS) is 21.5. The molecule has 0 spiro atoms. The molecule has 0 atom stereocenters. The number of nitrogens with two attached hydrogens (primary N) is 1. The van der Waals surface area contributed by atoms with Crippen LogP contribution in [0.3, 0.4) is 0 Å². The summed E-state index contributed by atoms with van der Waals surface area (Å²) in [5.41, 5.74) is 6.31. The molecule has 0 radical (unpaired) electrons. The second-order valence-corrected chi connectivity index (χ2v) is 2.78. The van der Waals surface area contributed by atoms with E-state index in [1.54, 1.807) is 6.08 Å². The zero-order chi connectivity index (χ0) is 8.32. The van der Waals surface area contributed by atoms with Crippen molar-refractivity contribution in [3.8, 4) is 0 Å². The van der Waals surface area contributed by atoms with Crippen molar-refractivity contribution in [3.05, 3.63) is 23.8 Å². The highest BCUT2D eigenvalue weighted by molar-refractivity contribution is 5.22. The molecule has 62 valence electrons. The third kappa shape index (κ3) is 2.46. The Morgan fingerprint density at radius 2 is 2.27 bits per heavy atom. The van der Waals surface area contributed by atoms with Crippen LogP contribution in [0.15, 0.2) is 23.8 Å². The number of hydrogen-bond donors (Lipinski definition) is 3. The topological polar surface area (TPSA) is 66.5 Å². The van der Waals surface area contributed by atoms with Gasteiger partial charge in [0.2, 0.25) is 0 Å². The lowest BCUT2D eigenvalue weighted by Gasteiger charge is -2.21. The largest absolute Gasteiger partial charge is 0.362 e. The highest BCUT2D eigenvalue weighted by atomic mass is 16.5. The molecular weight excluding hydrogens is 142 g/mol. The fourth-order valence-electron chi connectivity index (χ4n) is 1.15. The molecule has 3 heteroatoms. The highest BCUT2D eigenvalue weighted by Crippen LogP contribution is 2.21. The van der Waals surface area contributed by atoms with Crippen molar-refractivity contribution >= 4 is 0 Å². The van der Waals surface area contributed by atoms with E-state index in [0.29, 0.717) is 6.54 Å². The van der Waals surface area contributed by atoms with Crippen molar-refractivity contribution in [1.29, 1.82) is 0 Å². The maximum absolute atomic E-state index is 9.16. The van der Waals surface area contributed by atoms with E-state index in [-0.39, 0.29) is 6.42 Å². The number of aliphatic hydroxyl groups is 2. The molecule has 1 aliphatic carbocycles. The van der Waals surface area contributed by atoms with Gasteiger partial charge in [-0.05, 0) is 19.0 Å². The minimum Gasteiger partial charge on any atom is -0.362 e. The van der Waals surface area contributed by atoms with E-state index in [4.69, 9.17) is 15.9 Å². The molecule has 1 rings (SSSR count). The van der Waals surface area contributed by atoms with Gasteiger partial charge in [0, 0.05) is 6.42 Å². The van der Waals surface area contributed by atoms with Gasteiger partial charge in [0.1, 0.15) is 0 Å². The molecule has 0 heterocycles. The Bertz CT molecular complexity index is 194. The van der Waals surface area contributed by atoms with E-state index in [9.17, 15) is 0 Å². The maximum Gasteiger partial charge on any atom is 0.186 e. The van der Waals surface area contributed by atoms with Crippen molar-refractivity contribution < 1.29 is 10.2 Å². The first-order valence-electron chi connectivity index (χ1n) is 3.66. The number of allylic oxidation sites excluding steroid dienone is 2. The summed E-state index contributed by atoms with van der Waals surface area (Å²) >= 11 is 0. The van der Waals surface area contributed by atoms with E-state index < -0.39 is 5.79 Å². The molecule has 4 N–H and O–H groups in total. The van der Waals surface area contributed by atoms with Crippen LogP contribution >= 0.6 is 0 Å². The van der Waals surface area contributed by atoms with Crippen LogP contribution in [0.2, 0.25) is 0 Å². The van der Waals surface area contributed by atoms with Gasteiger partial charge in [-0.1, -0.05) is 17.7 Å². The Morgan fingerprint density at radius 3 is 2.82 bits per heavy atom. The van der Waals surface area contributed by atoms with Gasteiger partial charge in [-0.3, -0.25) is 0 Å². The first-order chi connectivity index (χ1) is 5.14. The molecule has 0 unspecified atom stereocenters. The van der Waals surface area contributed by atoms with Crippen molar-refractivity contribution in [2.45, 2.75) is 18.6 Å². The molecule has 1 aliphatic rings. The van der Waals surface area contributed by atoms with Crippen molar-refractivity contribution in [3.63, 3.8) is 0 Å². The lowest BCUT2D eigenvalue weighted by atomic mass is 9.97. The SMILES string of the molecule is NCCC1=CC=CC(O)(O)C1. The smallest absolute Gasteiger partial charge is 0.186 e. The van der Waals surface area contributed by atoms with Gasteiger partial charge in [0.05, 0.1) is 0 Å². The molecule has 0 aromatic heterocycles. The van der Waals surface area contributed by atoms with Crippen LogP contribution in [-0.2, 0) is 0 Å². The molecule has 0 aromatic carbocycles. The van der Waals surface area contributed by atoms with Gasteiger partial charge in [-0.25, -0.2) is 0 Å². The molecule has 0 bridgehead atoms. The summed E-state index contributed by atoms with van der Waals surface area (Å²) in [6, 6.07) is 0. The fraction of sp³-hybridized carbons (Fsp3) is 0.500. The first kappa shape index (κ1) is 8.46. The third-order valence-corrected chi connectivity index (χ3v) is 1.65. The summed E-state index contributed by atoms with van der Waals surface area (Å²) in [6.45, 7) is 0.551. The van der Waals surface area contributed by atoms with Crippen LogP contribution < -0.4 is 5.73 Å². The minimum atomic E-state index is -1.65. The summed E-state index contributed by atoms with van der Waals surface area (Å²) in [5.74, 6) is -1.65. The standard InChI is InChI=1S/C8H13NO2/c9-5-3-7-2-1-4-8(10,11)6-7/h1-2,4,10-11H,3,5-6,9H2. The Labute approximate surface area is 65.8 Å². The quantitative estimate of drug-likeness (QED) is 0.488. The second kappa shape index (κ2) is 3.17. The Balaban J connectivity index is 2.58. The van der Waals surface area contributed by atoms with E-state index in [2.05, 4.69) is 0 Å². The molecule has 0 fully saturated rings. The zero-order valence-electron chi connectivity index (χ0n) is 6.33. The van der Waals surface area contributed by atoms with Crippen LogP contribution in [0.5, 0.6) is 0 Å². The van der Waals surface area contributed by atoms with Crippen LogP contribution in [0.1, 0.15) is 12.8 Å². The predicted molar refractivity (Wildman–Crippen MR) is 42.7 cm³/mol. The minimum absolute atomic E-state index is 0.278. The lowest BCUT2D eigenvalue weighted by Crippen LogP contribution is -2.27. The summed E-state index contributed by atoms with van der Waals surface area (Å²) in [7, 11) is 0. The van der Waals surface area contributed by atoms with Crippen molar-refractivity contribution in [2.75, 3.05) is 6.54 Å². The molecule has 0 saturated carbocycles. The Morgan fingerprint density at radius 1 is 1.55 bits per heavy atom. The van der Waals surface area contributed by atoms with Gasteiger partial charge in [-0.15, -0.1) is 0 Å². The molecule has 0 aliphatic heterocycles. The molecule has 3 nitrogen and oxygen atoms in total. The van der Waals surface area contributed by atoms with Crippen LogP contribution in [0.4, 0.5) is 0 Å². The first-order valence-corrected chi connectivity index (χ1v) is 3.66. The molecular formula is C8H13NO2. The highest BCUT2D eigenvalue weighted by Gasteiger charge is 2.22. The summed E-state index contributed by atoms with van der Waals surface area (Å²) in [6.07, 6.45) is 5.90. The number of hydrogen-bond acceptors (Lipinski definition) is 3. The third-order valence-electron chi connectivity index (χ3n) is 1.65. The lowest BCUT2D eigenvalue weighted by molar-refractivity contribution is -0.117. The maximum atomic E-state index is 9.16. The van der Waals surface area contributed by atoms with E-state index >= 15 is 0 Å². The summed E-state index contributed by atoms with van der Waals surface area (Å²) in [4.78, 5) is 0. The van der Waals surface area contributed by atoms with E-state index in [1.807, 2.05) is 6.08 Å². The van der Waals surface area contributed by atoms with Gasteiger partial charge >= 0.3 is 0 Å². The van der Waals surface area contributed by atoms with Gasteiger partial charge in [-0.2, -0.15) is 0 Å². The van der Waals surface area contributed by atoms with Gasteiger partial charge in [0.25, 0.3) is 0 Å². The van der Waals surface area contributed by atoms with E-state index in [1.165, 1.54) is 6.08 Å². The second-order valence-electron chi connectivity index (χ2n) is 2.78. The molecule has 11 heavy (non-hydrogen) atoms. The average molecular weight is 155 g/mol. The summed E-state index contributed by atoms with van der Waals surface area (Å²) in [5, 5.41) is 18.3. The molecule has 0 amide bonds. The summed E-state index contributed by atoms with van der Waals surface area (Å²) < 4.78 is 0. The predicted octanol–water partition coefficient (Wildman–Crippen LogP) is -0.0976. The van der Waals surface area contributed by atoms with E-state index in [0.717, 1.165) is 12.0 Å². The Kier molecular flexibility index (Phi) is 2.44. The zero-order valence-corrected chi connectivity index (χ0v) is 6.33. The molecule has 0 saturated heterocycles. The van der Waals surface area contributed by atoms with Crippen molar-refractivity contribution in [1.82, 2.24) is 0 Å². The molecule has 0 aromatic rings. The fourth-order valence-corrected chi connectivity index (χ4v) is 1.15.